The summed E-state index contributed by atoms with van der Waals surface area (Å²) in [6.45, 7) is 10.2. The van der Waals surface area contributed by atoms with Crippen LogP contribution < -0.4 is 37.6 Å². The number of carbonyl (C=O) groups excluding carboxylic acids is 7. The van der Waals surface area contributed by atoms with Crippen LogP contribution in [0.4, 0.5) is 8.78 Å². The van der Waals surface area contributed by atoms with Gasteiger partial charge in [0.15, 0.2) is 0 Å². The summed E-state index contributed by atoms with van der Waals surface area (Å²) >= 11 is 0. The zero-order chi connectivity index (χ0) is 54.8. The first-order chi connectivity index (χ1) is 34.1. The molecule has 1 unspecified atom stereocenters. The van der Waals surface area contributed by atoms with Crippen molar-refractivity contribution in [2.75, 3.05) is 32.8 Å². The fourth-order valence-electron chi connectivity index (χ4n) is 8.03. The lowest BCUT2D eigenvalue weighted by Gasteiger charge is -2.41. The van der Waals surface area contributed by atoms with Crippen LogP contribution in [0.25, 0.3) is 11.1 Å². The van der Waals surface area contributed by atoms with Gasteiger partial charge in [0.05, 0.1) is 25.4 Å². The molecule has 400 valence electrons. The van der Waals surface area contributed by atoms with Crippen LogP contribution in [0.15, 0.2) is 60.8 Å². The number of rotatable bonds is 29. The number of aliphatic hydroxyl groups is 1. The summed E-state index contributed by atoms with van der Waals surface area (Å²) in [5.74, 6) is -10.4. The maximum atomic E-state index is 15.4. The minimum atomic E-state index is -1.83. The van der Waals surface area contributed by atoms with E-state index in [0.29, 0.717) is 5.69 Å². The first kappa shape index (κ1) is 60.0. The fourth-order valence-corrected chi connectivity index (χ4v) is 8.03. The molecule has 21 nitrogen and oxygen atoms in total. The molecule has 3 rings (SSSR count). The lowest BCUT2D eigenvalue weighted by atomic mass is 9.82. The number of carboxylic acid groups (broad SMARTS) is 2. The summed E-state index contributed by atoms with van der Waals surface area (Å²) in [7, 11) is 0. The maximum absolute atomic E-state index is 15.4. The molecule has 0 spiro atoms. The predicted molar refractivity (Wildman–Crippen MR) is 263 cm³/mol. The van der Waals surface area contributed by atoms with Gasteiger partial charge in [-0.3, -0.25) is 43.2 Å². The van der Waals surface area contributed by atoms with Crippen molar-refractivity contribution in [3.05, 3.63) is 83.7 Å². The van der Waals surface area contributed by atoms with E-state index in [1.54, 1.807) is 44.5 Å². The largest absolute Gasteiger partial charge is 0.481 e. The molecule has 5 atom stereocenters. The van der Waals surface area contributed by atoms with Gasteiger partial charge in [-0.2, -0.15) is 0 Å². The Hall–Kier alpha value is -7.27. The Morgan fingerprint density at radius 3 is 1.96 bits per heavy atom. The molecule has 23 heteroatoms. The molecular formula is C50H69F2N9O12. The van der Waals surface area contributed by atoms with Crippen LogP contribution in [0.1, 0.15) is 97.9 Å². The van der Waals surface area contributed by atoms with Gasteiger partial charge in [0, 0.05) is 68.1 Å². The first-order valence-electron chi connectivity index (χ1n) is 23.6. The number of carbonyl (C=O) groups is 9. The molecule has 11 N–H and O–H groups in total. The Bertz CT molecular complexity index is 2430. The number of hydrogen-bond acceptors (Lipinski definition) is 11. The number of aliphatic hydroxyl groups excluding tert-OH is 1. The number of benzene rings is 2. The van der Waals surface area contributed by atoms with Gasteiger partial charge in [-0.25, -0.2) is 8.78 Å². The average molecular weight is 1030 g/mol. The normalized spacial score (nSPS) is 13.8. The lowest BCUT2D eigenvalue weighted by molar-refractivity contribution is -0.141. The van der Waals surface area contributed by atoms with Crippen molar-refractivity contribution >= 4 is 53.3 Å². The van der Waals surface area contributed by atoms with Crippen LogP contribution >= 0.6 is 0 Å². The Morgan fingerprint density at radius 1 is 0.781 bits per heavy atom. The van der Waals surface area contributed by atoms with E-state index in [0.717, 1.165) is 30.7 Å². The number of carboxylic acids is 2. The Balaban J connectivity index is 2.05. The van der Waals surface area contributed by atoms with Gasteiger partial charge >= 0.3 is 11.9 Å². The third-order valence-electron chi connectivity index (χ3n) is 12.2. The van der Waals surface area contributed by atoms with Crippen molar-refractivity contribution in [3.63, 3.8) is 0 Å². The molecule has 2 aromatic carbocycles. The average Bonchev–Trinajstić information content (AvgIpc) is 3.70. The Labute approximate surface area is 422 Å². The monoisotopic (exact) mass is 1030 g/mol. The molecule has 1 aromatic heterocycles. The van der Waals surface area contributed by atoms with Crippen LogP contribution in [0.2, 0.25) is 0 Å². The topological polar surface area (TPSA) is 321 Å². The van der Waals surface area contributed by atoms with Gasteiger partial charge in [0.2, 0.25) is 41.4 Å². The number of aromatic nitrogens is 1. The van der Waals surface area contributed by atoms with E-state index in [-0.39, 0.29) is 62.6 Å². The quantitative estimate of drug-likeness (QED) is 0.0444. The first-order valence-corrected chi connectivity index (χ1v) is 23.6. The number of hydrogen-bond donors (Lipinski definition) is 10. The molecule has 0 radical (unpaired) electrons. The summed E-state index contributed by atoms with van der Waals surface area (Å²) in [5.41, 5.74) is 5.25. The summed E-state index contributed by atoms with van der Waals surface area (Å²) in [6, 6.07) is 7.61. The van der Waals surface area contributed by atoms with Crippen LogP contribution in [-0.2, 0) is 49.7 Å². The van der Waals surface area contributed by atoms with Crippen molar-refractivity contribution in [1.29, 1.82) is 0 Å². The molecule has 0 aliphatic heterocycles. The molecule has 3 aromatic rings. The Morgan fingerprint density at radius 2 is 1.40 bits per heavy atom. The van der Waals surface area contributed by atoms with Crippen molar-refractivity contribution < 1.29 is 67.3 Å². The third-order valence-corrected chi connectivity index (χ3v) is 12.2. The maximum Gasteiger partial charge on any atom is 0.305 e. The van der Waals surface area contributed by atoms with Gasteiger partial charge in [0.25, 0.3) is 0 Å². The van der Waals surface area contributed by atoms with E-state index < -0.39 is 126 Å². The van der Waals surface area contributed by atoms with Crippen LogP contribution in [0, 0.1) is 23.0 Å². The highest BCUT2D eigenvalue weighted by atomic mass is 19.1. The molecule has 0 aliphatic carbocycles. The van der Waals surface area contributed by atoms with Crippen molar-refractivity contribution in [3.8, 4) is 11.1 Å². The number of aliphatic carboxylic acids is 2. The van der Waals surface area contributed by atoms with E-state index in [2.05, 4.69) is 31.9 Å². The molecule has 0 bridgehead atoms. The second-order valence-electron chi connectivity index (χ2n) is 19.3. The number of nitrogens with two attached hydrogens (primary N) is 1. The smallest absolute Gasteiger partial charge is 0.305 e. The molecule has 1 heterocycles. The highest BCUT2D eigenvalue weighted by molar-refractivity contribution is 5.97. The van der Waals surface area contributed by atoms with Gasteiger partial charge < -0.3 is 62.4 Å². The number of primary amides is 1. The van der Waals surface area contributed by atoms with Gasteiger partial charge in [-0.15, -0.1) is 0 Å². The van der Waals surface area contributed by atoms with E-state index in [1.165, 1.54) is 4.90 Å². The number of amides is 7. The molecule has 0 fully saturated rings. The van der Waals surface area contributed by atoms with Gasteiger partial charge in [-0.1, -0.05) is 65.0 Å². The fraction of sp³-hybridized carbons (Fsp3) is 0.500. The minimum Gasteiger partial charge on any atom is -0.481 e. The van der Waals surface area contributed by atoms with Crippen molar-refractivity contribution in [2.45, 2.75) is 117 Å². The lowest BCUT2D eigenvalue weighted by Crippen LogP contribution is -2.58. The van der Waals surface area contributed by atoms with E-state index in [1.807, 2.05) is 44.2 Å². The highest BCUT2D eigenvalue weighted by Crippen LogP contribution is 2.41. The summed E-state index contributed by atoms with van der Waals surface area (Å²) in [5, 5.41) is 44.2. The standard InChI is InChI=1S/C50H69F2N9O12/c1-29(2)50(7,17-15-43(67)68)56-25-41(65)54-18-19-55-46(71)36(58-47(72)37(23-40(53)64)59-48(73)38(24-44(69)70)57-30(3)63)16-20-61(42(66)28-62)45(49(4,5)6)39-21-32(34-22-33(51)13-14-35(34)52)27-60(39)26-31-11-9-8-10-12-31/h8-14,21-22,27,29,36-38,45,56,62H,15-20,23-26,28H2,1-7H3,(H2,53,64)(H,54,65)(H,55,71)(H,57,63)(H,58,72)(H,59,73)(H,67,68)(H,69,70)/t36-,37-,38+,45-,50?/m0/s1. The van der Waals surface area contributed by atoms with Crippen LogP contribution in [0.3, 0.4) is 0 Å². The van der Waals surface area contributed by atoms with Crippen LogP contribution in [-0.4, -0.2) is 135 Å². The molecule has 0 saturated carbocycles. The minimum absolute atomic E-state index is 0.0466. The Kier molecular flexibility index (Phi) is 22.6. The van der Waals surface area contributed by atoms with Crippen molar-refractivity contribution in [1.82, 2.24) is 41.4 Å². The SMILES string of the molecule is CC(=O)N[C@H](CC(=O)O)C(=O)N[C@@H](CC(N)=O)C(=O)N[C@@H](CCN(C(=O)CO)[C@@H](c1cc(-c2cc(F)ccc2F)cn1Cc1ccccc1)C(C)(C)C)C(=O)NCCNC(=O)CNC(C)(CCC(=O)O)C(C)C. The van der Waals surface area contributed by atoms with Crippen molar-refractivity contribution in [2.24, 2.45) is 17.1 Å². The van der Waals surface area contributed by atoms with E-state index >= 15 is 4.39 Å². The van der Waals surface area contributed by atoms with Gasteiger partial charge in [0.1, 0.15) is 36.4 Å². The van der Waals surface area contributed by atoms with E-state index in [9.17, 15) is 62.9 Å². The number of nitrogens with zero attached hydrogens (tertiary/aromatic N) is 2. The predicted octanol–water partition coefficient (Wildman–Crippen LogP) is 1.71. The molecule has 0 aliphatic rings. The van der Waals surface area contributed by atoms with Crippen LogP contribution in [0.5, 0.6) is 0 Å². The zero-order valence-corrected chi connectivity index (χ0v) is 42.2. The number of nitrogens with one attached hydrogen (secondary N) is 6. The summed E-state index contributed by atoms with van der Waals surface area (Å²) in [4.78, 5) is 117. The molecular weight excluding hydrogens is 957 g/mol. The second kappa shape index (κ2) is 27.5. The number of halogens is 2. The molecule has 0 saturated heterocycles. The highest BCUT2D eigenvalue weighted by Gasteiger charge is 2.39. The third kappa shape index (κ3) is 19.0. The van der Waals surface area contributed by atoms with E-state index in [4.69, 9.17) is 5.73 Å². The second-order valence-corrected chi connectivity index (χ2v) is 19.3. The summed E-state index contributed by atoms with van der Waals surface area (Å²) < 4.78 is 31.7. The zero-order valence-electron chi connectivity index (χ0n) is 42.2. The molecule has 73 heavy (non-hydrogen) atoms. The summed E-state index contributed by atoms with van der Waals surface area (Å²) in [6.07, 6.45) is -0.458. The molecule has 7 amide bonds. The van der Waals surface area contributed by atoms with Gasteiger partial charge in [-0.05, 0) is 60.9 Å².